The highest BCUT2D eigenvalue weighted by atomic mass is 35.5. The summed E-state index contributed by atoms with van der Waals surface area (Å²) in [6, 6.07) is 8.30. The fourth-order valence-electron chi connectivity index (χ4n) is 2.22. The average molecular weight is 387 g/mol. The Bertz CT molecular complexity index is 943. The van der Waals surface area contributed by atoms with E-state index in [1.807, 2.05) is 0 Å². The Morgan fingerprint density at radius 3 is 2.59 bits per heavy atom. The first-order chi connectivity index (χ1) is 12.9. The van der Waals surface area contributed by atoms with Gasteiger partial charge in [0.05, 0.1) is 0 Å². The van der Waals surface area contributed by atoms with Crippen LogP contribution in [0.5, 0.6) is 11.5 Å². The predicted molar refractivity (Wildman–Crippen MR) is 96.8 cm³/mol. The quantitative estimate of drug-likeness (QED) is 0.680. The van der Waals surface area contributed by atoms with Gasteiger partial charge >= 0.3 is 5.97 Å². The number of benzene rings is 1. The van der Waals surface area contributed by atoms with Crippen LogP contribution in [0.4, 0.5) is 0 Å². The van der Waals surface area contributed by atoms with E-state index < -0.39 is 24.0 Å². The van der Waals surface area contributed by atoms with Gasteiger partial charge in [-0.05, 0) is 36.3 Å². The van der Waals surface area contributed by atoms with Crippen molar-refractivity contribution in [1.29, 1.82) is 0 Å². The van der Waals surface area contributed by atoms with Crippen LogP contribution < -0.4 is 10.1 Å². The number of carboxylic acid groups (broad SMARTS) is 1. The molecule has 0 spiro atoms. The summed E-state index contributed by atoms with van der Waals surface area (Å²) < 4.78 is 5.90. The number of ether oxygens (including phenoxy) is 1. The second kappa shape index (κ2) is 7.56. The summed E-state index contributed by atoms with van der Waals surface area (Å²) in [5.74, 6) is 4.23. The van der Waals surface area contributed by atoms with Crippen LogP contribution in [0.15, 0.2) is 36.5 Å². The Labute approximate surface area is 159 Å². The van der Waals surface area contributed by atoms with Crippen molar-refractivity contribution in [1.82, 2.24) is 10.3 Å². The maximum absolute atomic E-state index is 11.8. The van der Waals surface area contributed by atoms with E-state index in [2.05, 4.69) is 22.1 Å². The van der Waals surface area contributed by atoms with Crippen LogP contribution in [0.25, 0.3) is 0 Å². The Hall–Kier alpha value is -3.24. The molecular formula is C19H15ClN2O5. The van der Waals surface area contributed by atoms with E-state index in [-0.39, 0.29) is 11.4 Å². The summed E-state index contributed by atoms with van der Waals surface area (Å²) in [6.07, 6.45) is 2.89. The molecule has 1 amide bonds. The van der Waals surface area contributed by atoms with Gasteiger partial charge in [0.15, 0.2) is 11.3 Å². The Morgan fingerprint density at radius 2 is 2.00 bits per heavy atom. The van der Waals surface area contributed by atoms with Crippen LogP contribution in [-0.4, -0.2) is 39.2 Å². The molecule has 1 heterocycles. The Morgan fingerprint density at radius 1 is 1.30 bits per heavy atom. The molecule has 138 valence electrons. The van der Waals surface area contributed by atoms with Gasteiger partial charge in [0.1, 0.15) is 18.0 Å². The topological polar surface area (TPSA) is 109 Å². The summed E-state index contributed by atoms with van der Waals surface area (Å²) in [7, 11) is 0. The molecule has 0 unspecified atom stereocenters. The van der Waals surface area contributed by atoms with Crippen molar-refractivity contribution in [3.05, 3.63) is 52.8 Å². The van der Waals surface area contributed by atoms with Crippen molar-refractivity contribution in [3.63, 3.8) is 0 Å². The van der Waals surface area contributed by atoms with E-state index in [1.54, 1.807) is 24.3 Å². The molecule has 0 saturated heterocycles. The summed E-state index contributed by atoms with van der Waals surface area (Å²) in [6.45, 7) is -0.563. The first-order valence-electron chi connectivity index (χ1n) is 8.04. The molecule has 1 aromatic carbocycles. The van der Waals surface area contributed by atoms with E-state index in [9.17, 15) is 14.7 Å². The first-order valence-corrected chi connectivity index (χ1v) is 8.41. The molecule has 27 heavy (non-hydrogen) atoms. The fourth-order valence-corrected chi connectivity index (χ4v) is 2.34. The lowest BCUT2D eigenvalue weighted by Crippen LogP contribution is -2.29. The summed E-state index contributed by atoms with van der Waals surface area (Å²) >= 11 is 5.85. The maximum Gasteiger partial charge on any atom is 0.322 e. The van der Waals surface area contributed by atoms with Crippen LogP contribution in [-0.2, 0) is 4.79 Å². The molecule has 1 aromatic heterocycles. The first kappa shape index (κ1) is 18.5. The number of carboxylic acids is 1. The van der Waals surface area contributed by atoms with Gasteiger partial charge in [0.25, 0.3) is 5.91 Å². The number of hydrogen-bond acceptors (Lipinski definition) is 5. The summed E-state index contributed by atoms with van der Waals surface area (Å²) in [5.41, 5.74) is -0.435. The highest BCUT2D eigenvalue weighted by Gasteiger charge is 2.44. The third-order valence-corrected chi connectivity index (χ3v) is 4.00. The number of hydrogen-bond donors (Lipinski definition) is 3. The van der Waals surface area contributed by atoms with E-state index in [0.29, 0.717) is 16.3 Å². The van der Waals surface area contributed by atoms with Crippen molar-refractivity contribution in [2.24, 2.45) is 0 Å². The number of nitrogens with one attached hydrogen (secondary N) is 1. The number of rotatable bonds is 5. The smallest absolute Gasteiger partial charge is 0.322 e. The Kier molecular flexibility index (Phi) is 5.19. The minimum atomic E-state index is -1.19. The zero-order chi connectivity index (χ0) is 19.4. The predicted octanol–water partition coefficient (Wildman–Crippen LogP) is 2.22. The lowest BCUT2D eigenvalue weighted by atomic mass is 10.2. The van der Waals surface area contributed by atoms with Gasteiger partial charge in [-0.1, -0.05) is 17.5 Å². The largest absolute Gasteiger partial charge is 0.505 e. The highest BCUT2D eigenvalue weighted by molar-refractivity contribution is 6.30. The van der Waals surface area contributed by atoms with Gasteiger partial charge in [0, 0.05) is 29.6 Å². The number of aromatic nitrogens is 1. The number of aliphatic carboxylic acids is 1. The van der Waals surface area contributed by atoms with Crippen molar-refractivity contribution >= 4 is 23.5 Å². The molecule has 0 atom stereocenters. The number of amides is 1. The van der Waals surface area contributed by atoms with Crippen molar-refractivity contribution < 1.29 is 24.5 Å². The van der Waals surface area contributed by atoms with E-state index in [4.69, 9.17) is 21.4 Å². The molecule has 0 aliphatic heterocycles. The van der Waals surface area contributed by atoms with Gasteiger partial charge in [0.2, 0.25) is 0 Å². The number of halogens is 1. The molecule has 1 saturated carbocycles. The number of pyridine rings is 1. The summed E-state index contributed by atoms with van der Waals surface area (Å²) in [5, 5.41) is 21.3. The lowest BCUT2D eigenvalue weighted by Gasteiger charge is -2.11. The molecular weight excluding hydrogens is 372 g/mol. The molecule has 7 nitrogen and oxygen atoms in total. The zero-order valence-corrected chi connectivity index (χ0v) is 14.8. The molecule has 0 radical (unpaired) electrons. The minimum absolute atomic E-state index is 0.264. The van der Waals surface area contributed by atoms with Crippen LogP contribution in [0.2, 0.25) is 5.02 Å². The zero-order valence-electron chi connectivity index (χ0n) is 14.0. The van der Waals surface area contributed by atoms with Crippen molar-refractivity contribution in [3.8, 4) is 23.3 Å². The molecule has 1 fully saturated rings. The van der Waals surface area contributed by atoms with Crippen LogP contribution in [0, 0.1) is 11.8 Å². The number of aromatic hydroxyl groups is 1. The molecule has 3 rings (SSSR count). The molecule has 0 bridgehead atoms. The van der Waals surface area contributed by atoms with E-state index in [1.165, 1.54) is 12.3 Å². The second-order valence-electron chi connectivity index (χ2n) is 5.97. The third kappa shape index (κ3) is 4.90. The maximum atomic E-state index is 11.8. The minimum Gasteiger partial charge on any atom is -0.505 e. The number of carbonyl (C=O) groups is 2. The van der Waals surface area contributed by atoms with Gasteiger partial charge in [-0.2, -0.15) is 0 Å². The van der Waals surface area contributed by atoms with Crippen LogP contribution in [0.1, 0.15) is 28.9 Å². The standard InChI is InChI=1S/C19H15ClN2O5/c20-13-1-3-14(4-2-13)27-19(7-8-19)6-5-12-9-15(23)17(21-10-12)18(26)22-11-16(24)25/h1-4,9-10,23H,7-8,11H2,(H,22,26)(H,24,25). The van der Waals surface area contributed by atoms with Crippen LogP contribution in [0.3, 0.4) is 0 Å². The fraction of sp³-hybridized carbons (Fsp3) is 0.211. The number of carbonyl (C=O) groups excluding carboxylic acids is 1. The van der Waals surface area contributed by atoms with Crippen molar-refractivity contribution in [2.45, 2.75) is 18.4 Å². The molecule has 1 aliphatic carbocycles. The monoisotopic (exact) mass is 386 g/mol. The number of nitrogens with zero attached hydrogens (tertiary/aromatic N) is 1. The molecule has 1 aliphatic rings. The van der Waals surface area contributed by atoms with Gasteiger partial charge < -0.3 is 20.3 Å². The third-order valence-electron chi connectivity index (χ3n) is 3.75. The SMILES string of the molecule is O=C(O)CNC(=O)c1ncc(C#CC2(Oc3ccc(Cl)cc3)CC2)cc1O. The molecule has 3 N–H and O–H groups in total. The normalized spacial score (nSPS) is 13.8. The van der Waals surface area contributed by atoms with Gasteiger partial charge in [-0.25, -0.2) is 4.98 Å². The second-order valence-corrected chi connectivity index (χ2v) is 6.40. The van der Waals surface area contributed by atoms with Crippen molar-refractivity contribution in [2.75, 3.05) is 6.54 Å². The van der Waals surface area contributed by atoms with E-state index in [0.717, 1.165) is 12.8 Å². The van der Waals surface area contributed by atoms with E-state index >= 15 is 0 Å². The average Bonchev–Trinajstić information content (AvgIpc) is 3.40. The lowest BCUT2D eigenvalue weighted by molar-refractivity contribution is -0.135. The molecule has 2 aromatic rings. The molecule has 8 heteroatoms. The van der Waals surface area contributed by atoms with Crippen LogP contribution >= 0.6 is 11.6 Å². The summed E-state index contributed by atoms with van der Waals surface area (Å²) in [4.78, 5) is 26.1. The van der Waals surface area contributed by atoms with Gasteiger partial charge in [-0.15, -0.1) is 0 Å². The van der Waals surface area contributed by atoms with Gasteiger partial charge in [-0.3, -0.25) is 9.59 Å². The Balaban J connectivity index is 1.69. The highest BCUT2D eigenvalue weighted by Crippen LogP contribution is 2.40.